The number of alkyl halides is 2. The van der Waals surface area contributed by atoms with E-state index in [0.717, 1.165) is 4.68 Å². The summed E-state index contributed by atoms with van der Waals surface area (Å²) in [7, 11) is 0. The second kappa shape index (κ2) is 2.27. The van der Waals surface area contributed by atoms with Gasteiger partial charge in [-0.15, -0.1) is 0 Å². The summed E-state index contributed by atoms with van der Waals surface area (Å²) < 4.78 is 26.0. The van der Waals surface area contributed by atoms with Crippen molar-refractivity contribution in [2.75, 3.05) is 0 Å². The van der Waals surface area contributed by atoms with Gasteiger partial charge in [0.15, 0.2) is 5.69 Å². The monoisotopic (exact) mass is 188 g/mol. The van der Waals surface area contributed by atoms with E-state index in [1.807, 2.05) is 0 Å². The Hall–Kier alpha value is -1.46. The molecule has 0 aromatic carbocycles. The summed E-state index contributed by atoms with van der Waals surface area (Å²) >= 11 is 0. The number of aromatic carboxylic acids is 1. The molecule has 13 heavy (non-hydrogen) atoms. The first kappa shape index (κ1) is 8.15. The molecule has 0 aliphatic heterocycles. The van der Waals surface area contributed by atoms with Crippen molar-refractivity contribution < 1.29 is 18.7 Å². The standard InChI is InChI=1S/C7H6F2N2O2/c8-7(9)3-5(7)11-2-1-4(10-11)6(12)13/h1-2,5H,3H2,(H,12,13). The SMILES string of the molecule is O=C(O)c1ccn(C2CC2(F)F)n1. The van der Waals surface area contributed by atoms with Crippen molar-refractivity contribution in [2.24, 2.45) is 0 Å². The van der Waals surface area contributed by atoms with Crippen LogP contribution in [0, 0.1) is 0 Å². The number of carboxylic acids is 1. The average molecular weight is 188 g/mol. The zero-order valence-corrected chi connectivity index (χ0v) is 6.44. The molecule has 4 nitrogen and oxygen atoms in total. The Morgan fingerprint density at radius 1 is 1.77 bits per heavy atom. The molecule has 1 saturated carbocycles. The Morgan fingerprint density at radius 3 is 2.77 bits per heavy atom. The molecule has 0 saturated heterocycles. The van der Waals surface area contributed by atoms with Crippen LogP contribution in [0.25, 0.3) is 0 Å². The number of carboxylic acid groups (broad SMARTS) is 1. The molecule has 0 bridgehead atoms. The minimum atomic E-state index is -2.72. The Labute approximate surface area is 71.8 Å². The summed E-state index contributed by atoms with van der Waals surface area (Å²) in [5.41, 5.74) is -0.206. The first-order chi connectivity index (χ1) is 6.00. The smallest absolute Gasteiger partial charge is 0.356 e. The lowest BCUT2D eigenvalue weighted by Gasteiger charge is -1.96. The van der Waals surface area contributed by atoms with Crippen LogP contribution in [0.1, 0.15) is 23.0 Å². The van der Waals surface area contributed by atoms with Gasteiger partial charge in [0, 0.05) is 12.6 Å². The van der Waals surface area contributed by atoms with E-state index in [2.05, 4.69) is 5.10 Å². The van der Waals surface area contributed by atoms with Gasteiger partial charge in [0.1, 0.15) is 6.04 Å². The van der Waals surface area contributed by atoms with Crippen LogP contribution >= 0.6 is 0 Å². The van der Waals surface area contributed by atoms with E-state index in [4.69, 9.17) is 5.11 Å². The third kappa shape index (κ3) is 1.28. The maximum absolute atomic E-state index is 12.5. The van der Waals surface area contributed by atoms with Gasteiger partial charge < -0.3 is 5.11 Å². The molecule has 6 heteroatoms. The number of nitrogens with zero attached hydrogens (tertiary/aromatic N) is 2. The highest BCUT2D eigenvalue weighted by Gasteiger charge is 2.59. The lowest BCUT2D eigenvalue weighted by Crippen LogP contribution is -2.05. The summed E-state index contributed by atoms with van der Waals surface area (Å²) in [6.07, 6.45) is 1.00. The number of rotatable bonds is 2. The average Bonchev–Trinajstić information content (AvgIpc) is 2.50. The van der Waals surface area contributed by atoms with E-state index in [1.54, 1.807) is 0 Å². The third-order valence-electron chi connectivity index (χ3n) is 1.94. The minimum Gasteiger partial charge on any atom is -0.476 e. The van der Waals surface area contributed by atoms with Crippen molar-refractivity contribution >= 4 is 5.97 Å². The van der Waals surface area contributed by atoms with Crippen molar-refractivity contribution in [3.8, 4) is 0 Å². The minimum absolute atomic E-state index is 0.206. The molecular formula is C7H6F2N2O2. The fourth-order valence-electron chi connectivity index (χ4n) is 1.11. The van der Waals surface area contributed by atoms with Gasteiger partial charge in [-0.2, -0.15) is 5.10 Å². The molecule has 70 valence electrons. The molecule has 1 heterocycles. The predicted octanol–water partition coefficient (Wildman–Crippen LogP) is 1.16. The van der Waals surface area contributed by atoms with Gasteiger partial charge in [0.05, 0.1) is 0 Å². The summed E-state index contributed by atoms with van der Waals surface area (Å²) in [4.78, 5) is 10.4. The number of aromatic nitrogens is 2. The van der Waals surface area contributed by atoms with Gasteiger partial charge in [-0.1, -0.05) is 0 Å². The Kier molecular flexibility index (Phi) is 1.43. The Balaban J connectivity index is 2.20. The number of hydrogen-bond donors (Lipinski definition) is 1. The number of carbonyl (C=O) groups is 1. The topological polar surface area (TPSA) is 55.1 Å². The summed E-state index contributed by atoms with van der Waals surface area (Å²) in [5, 5.41) is 12.0. The molecule has 2 rings (SSSR count). The van der Waals surface area contributed by atoms with Crippen molar-refractivity contribution in [2.45, 2.75) is 18.4 Å². The summed E-state index contributed by atoms with van der Waals surface area (Å²) in [5.74, 6) is -3.93. The highest BCUT2D eigenvalue weighted by molar-refractivity contribution is 5.85. The van der Waals surface area contributed by atoms with Gasteiger partial charge in [-0.3, -0.25) is 4.68 Å². The number of halogens is 2. The van der Waals surface area contributed by atoms with Gasteiger partial charge in [0.2, 0.25) is 0 Å². The number of hydrogen-bond acceptors (Lipinski definition) is 2. The van der Waals surface area contributed by atoms with Gasteiger partial charge in [-0.25, -0.2) is 13.6 Å². The van der Waals surface area contributed by atoms with Crippen LogP contribution in [0.15, 0.2) is 12.3 Å². The van der Waals surface area contributed by atoms with Crippen LogP contribution in [0.5, 0.6) is 0 Å². The van der Waals surface area contributed by atoms with E-state index in [1.165, 1.54) is 12.3 Å². The first-order valence-corrected chi connectivity index (χ1v) is 3.67. The molecule has 0 radical (unpaired) electrons. The summed E-state index contributed by atoms with van der Waals surface area (Å²) in [6, 6.07) is 0.247. The molecule has 0 spiro atoms. The zero-order chi connectivity index (χ0) is 9.64. The van der Waals surface area contributed by atoms with Gasteiger partial charge in [-0.05, 0) is 6.07 Å². The van der Waals surface area contributed by atoms with Crippen molar-refractivity contribution in [3.63, 3.8) is 0 Å². The van der Waals surface area contributed by atoms with Crippen LogP contribution in [0.3, 0.4) is 0 Å². The highest BCUT2D eigenvalue weighted by atomic mass is 19.3. The fourth-order valence-corrected chi connectivity index (χ4v) is 1.11. The molecule has 1 N–H and O–H groups in total. The van der Waals surface area contributed by atoms with Gasteiger partial charge >= 0.3 is 5.97 Å². The molecule has 1 aliphatic rings. The second-order valence-corrected chi connectivity index (χ2v) is 2.97. The molecule has 1 aliphatic carbocycles. The molecular weight excluding hydrogens is 182 g/mol. The maximum Gasteiger partial charge on any atom is 0.356 e. The van der Waals surface area contributed by atoms with E-state index in [0.29, 0.717) is 0 Å². The van der Waals surface area contributed by atoms with Crippen molar-refractivity contribution in [1.29, 1.82) is 0 Å². The van der Waals surface area contributed by atoms with E-state index < -0.39 is 17.9 Å². The van der Waals surface area contributed by atoms with Crippen LogP contribution in [-0.4, -0.2) is 26.8 Å². The van der Waals surface area contributed by atoms with Crippen LogP contribution < -0.4 is 0 Å². The van der Waals surface area contributed by atoms with Crippen molar-refractivity contribution in [1.82, 2.24) is 9.78 Å². The third-order valence-corrected chi connectivity index (χ3v) is 1.94. The maximum atomic E-state index is 12.5. The van der Waals surface area contributed by atoms with E-state index in [9.17, 15) is 13.6 Å². The Bertz CT molecular complexity index is 361. The molecule has 1 aromatic rings. The molecule has 0 amide bonds. The quantitative estimate of drug-likeness (QED) is 0.757. The van der Waals surface area contributed by atoms with Crippen LogP contribution in [-0.2, 0) is 0 Å². The van der Waals surface area contributed by atoms with Gasteiger partial charge in [0.25, 0.3) is 5.92 Å². The molecule has 1 fully saturated rings. The second-order valence-electron chi connectivity index (χ2n) is 2.97. The largest absolute Gasteiger partial charge is 0.476 e. The predicted molar refractivity (Wildman–Crippen MR) is 37.8 cm³/mol. The molecule has 1 atom stereocenters. The molecule has 1 aromatic heterocycles. The fraction of sp³-hybridized carbons (Fsp3) is 0.429. The van der Waals surface area contributed by atoms with Crippen molar-refractivity contribution in [3.05, 3.63) is 18.0 Å². The lowest BCUT2D eigenvalue weighted by atomic mass is 10.5. The normalized spacial score (nSPS) is 24.3. The van der Waals surface area contributed by atoms with E-state index in [-0.39, 0.29) is 12.1 Å². The highest BCUT2D eigenvalue weighted by Crippen LogP contribution is 2.51. The van der Waals surface area contributed by atoms with E-state index >= 15 is 0 Å². The Morgan fingerprint density at radius 2 is 2.38 bits per heavy atom. The first-order valence-electron chi connectivity index (χ1n) is 3.67. The molecule has 1 unspecified atom stereocenters. The van der Waals surface area contributed by atoms with Crippen LogP contribution in [0.4, 0.5) is 8.78 Å². The lowest BCUT2D eigenvalue weighted by molar-refractivity contribution is 0.0685. The summed E-state index contributed by atoms with van der Waals surface area (Å²) in [6.45, 7) is 0. The van der Waals surface area contributed by atoms with Crippen LogP contribution in [0.2, 0.25) is 0 Å². The zero-order valence-electron chi connectivity index (χ0n) is 6.44.